The molecule has 8 nitrogen and oxygen atoms in total. The normalized spacial score (nSPS) is 12.9. The Hall–Kier alpha value is -3.94. The molecule has 30 heavy (non-hydrogen) atoms. The number of fused-ring (bicyclic) bond motifs is 1. The molecule has 1 N–H and O–H groups in total. The number of furan rings is 1. The summed E-state index contributed by atoms with van der Waals surface area (Å²) in [7, 11) is 0. The predicted octanol–water partition coefficient (Wildman–Crippen LogP) is 4.34. The molecular weight excluding hydrogens is 386 g/mol. The monoisotopic (exact) mass is 405 g/mol. The highest BCUT2D eigenvalue weighted by Gasteiger charge is 2.26. The number of nitro benzene ring substituents is 1. The van der Waals surface area contributed by atoms with Crippen LogP contribution in [-0.2, 0) is 6.42 Å². The van der Waals surface area contributed by atoms with E-state index in [0.717, 1.165) is 24.1 Å². The zero-order chi connectivity index (χ0) is 21.3. The van der Waals surface area contributed by atoms with Gasteiger partial charge in [0.2, 0.25) is 0 Å². The van der Waals surface area contributed by atoms with E-state index in [9.17, 15) is 19.7 Å². The summed E-state index contributed by atoms with van der Waals surface area (Å²) in [6.07, 6.45) is 3.11. The molecular formula is C22H19N3O5. The molecule has 1 aliphatic heterocycles. The molecule has 0 saturated carbocycles. The molecule has 0 bridgehead atoms. The summed E-state index contributed by atoms with van der Waals surface area (Å²) in [5, 5.41) is 13.9. The summed E-state index contributed by atoms with van der Waals surface area (Å²) >= 11 is 0. The lowest BCUT2D eigenvalue weighted by atomic mass is 10.0. The number of amides is 2. The SMILES string of the molecule is Cc1c(C(=O)Nc2ccc3c(c2)N(C(=O)c2ccco2)CCC3)cccc1[N+](=O)[O-]. The predicted molar refractivity (Wildman–Crippen MR) is 111 cm³/mol. The molecule has 0 atom stereocenters. The van der Waals surface area contributed by atoms with E-state index in [4.69, 9.17) is 4.42 Å². The fourth-order valence-corrected chi connectivity index (χ4v) is 3.66. The van der Waals surface area contributed by atoms with E-state index in [2.05, 4.69) is 5.32 Å². The zero-order valence-corrected chi connectivity index (χ0v) is 16.3. The van der Waals surface area contributed by atoms with Crippen molar-refractivity contribution in [3.63, 3.8) is 0 Å². The molecule has 0 aliphatic carbocycles. The molecule has 1 aromatic heterocycles. The van der Waals surface area contributed by atoms with Crippen LogP contribution in [0.15, 0.2) is 59.2 Å². The summed E-state index contributed by atoms with van der Waals surface area (Å²) in [5.41, 5.74) is 2.65. The van der Waals surface area contributed by atoms with E-state index in [0.29, 0.717) is 17.8 Å². The molecule has 2 aromatic carbocycles. The molecule has 2 amide bonds. The molecule has 0 unspecified atom stereocenters. The number of hydrogen-bond donors (Lipinski definition) is 1. The van der Waals surface area contributed by atoms with Gasteiger partial charge in [0.1, 0.15) is 0 Å². The molecule has 4 rings (SSSR count). The smallest absolute Gasteiger partial charge is 0.293 e. The average Bonchev–Trinajstić information content (AvgIpc) is 3.27. The first-order valence-corrected chi connectivity index (χ1v) is 9.49. The molecule has 2 heterocycles. The third-order valence-corrected chi connectivity index (χ3v) is 5.19. The molecule has 0 saturated heterocycles. The van der Waals surface area contributed by atoms with Gasteiger partial charge in [0.05, 0.1) is 11.2 Å². The Morgan fingerprint density at radius 2 is 2.00 bits per heavy atom. The maximum atomic E-state index is 12.8. The average molecular weight is 405 g/mol. The highest BCUT2D eigenvalue weighted by Crippen LogP contribution is 2.32. The zero-order valence-electron chi connectivity index (χ0n) is 16.3. The van der Waals surface area contributed by atoms with E-state index in [1.54, 1.807) is 42.2 Å². The van der Waals surface area contributed by atoms with Gasteiger partial charge in [-0.1, -0.05) is 12.1 Å². The second kappa shape index (κ2) is 7.82. The van der Waals surface area contributed by atoms with Crippen molar-refractivity contribution in [1.82, 2.24) is 0 Å². The number of aryl methyl sites for hydroxylation is 1. The van der Waals surface area contributed by atoms with E-state index in [1.807, 2.05) is 6.07 Å². The maximum Gasteiger partial charge on any atom is 0.293 e. The van der Waals surface area contributed by atoms with E-state index >= 15 is 0 Å². The van der Waals surface area contributed by atoms with Gasteiger partial charge in [0, 0.05) is 35.1 Å². The lowest BCUT2D eigenvalue weighted by Gasteiger charge is -2.29. The largest absolute Gasteiger partial charge is 0.459 e. The minimum atomic E-state index is -0.511. The highest BCUT2D eigenvalue weighted by molar-refractivity contribution is 6.07. The fourth-order valence-electron chi connectivity index (χ4n) is 3.66. The third-order valence-electron chi connectivity index (χ3n) is 5.19. The Kier molecular flexibility index (Phi) is 5.05. The van der Waals surface area contributed by atoms with Crippen LogP contribution in [0.5, 0.6) is 0 Å². The number of benzene rings is 2. The van der Waals surface area contributed by atoms with Crippen LogP contribution in [-0.4, -0.2) is 23.3 Å². The van der Waals surface area contributed by atoms with Gasteiger partial charge in [-0.25, -0.2) is 0 Å². The topological polar surface area (TPSA) is 106 Å². The van der Waals surface area contributed by atoms with Crippen molar-refractivity contribution in [2.45, 2.75) is 19.8 Å². The van der Waals surface area contributed by atoms with Crippen molar-refractivity contribution in [3.8, 4) is 0 Å². The number of nitrogens with zero attached hydrogens (tertiary/aromatic N) is 2. The van der Waals surface area contributed by atoms with Gasteiger partial charge >= 0.3 is 0 Å². The van der Waals surface area contributed by atoms with Gasteiger partial charge in [-0.3, -0.25) is 19.7 Å². The van der Waals surface area contributed by atoms with Crippen LogP contribution in [0.25, 0.3) is 0 Å². The maximum absolute atomic E-state index is 12.8. The second-order valence-corrected chi connectivity index (χ2v) is 7.04. The molecule has 152 valence electrons. The van der Waals surface area contributed by atoms with Crippen molar-refractivity contribution < 1.29 is 18.9 Å². The minimum Gasteiger partial charge on any atom is -0.459 e. The van der Waals surface area contributed by atoms with Gasteiger partial charge in [0.25, 0.3) is 17.5 Å². The second-order valence-electron chi connectivity index (χ2n) is 7.04. The molecule has 0 radical (unpaired) electrons. The fraction of sp³-hybridized carbons (Fsp3) is 0.182. The number of nitrogens with one attached hydrogen (secondary N) is 1. The van der Waals surface area contributed by atoms with E-state index in [-0.39, 0.29) is 22.9 Å². The van der Waals surface area contributed by atoms with Gasteiger partial charge in [-0.05, 0) is 55.7 Å². The van der Waals surface area contributed by atoms with Gasteiger partial charge in [0.15, 0.2) is 5.76 Å². The molecule has 0 spiro atoms. The van der Waals surface area contributed by atoms with Gasteiger partial charge in [-0.2, -0.15) is 0 Å². The third kappa shape index (κ3) is 3.55. The number of rotatable bonds is 4. The van der Waals surface area contributed by atoms with E-state index < -0.39 is 10.8 Å². The molecule has 3 aromatic rings. The number of anilines is 2. The van der Waals surface area contributed by atoms with Crippen LogP contribution in [0.3, 0.4) is 0 Å². The van der Waals surface area contributed by atoms with Crippen LogP contribution in [0, 0.1) is 17.0 Å². The number of nitro groups is 1. The lowest BCUT2D eigenvalue weighted by Crippen LogP contribution is -2.35. The highest BCUT2D eigenvalue weighted by atomic mass is 16.6. The van der Waals surface area contributed by atoms with Crippen molar-refractivity contribution in [3.05, 3.63) is 87.4 Å². The van der Waals surface area contributed by atoms with Crippen LogP contribution in [0.1, 0.15) is 38.5 Å². The van der Waals surface area contributed by atoms with Crippen LogP contribution in [0.4, 0.5) is 17.1 Å². The molecule has 1 aliphatic rings. The molecule has 0 fully saturated rings. The summed E-state index contributed by atoms with van der Waals surface area (Å²) in [6.45, 7) is 2.09. The number of hydrogen-bond acceptors (Lipinski definition) is 5. The summed E-state index contributed by atoms with van der Waals surface area (Å²) in [4.78, 5) is 37.8. The van der Waals surface area contributed by atoms with Gasteiger partial charge in [-0.15, -0.1) is 0 Å². The summed E-state index contributed by atoms with van der Waals surface area (Å²) in [6, 6.07) is 13.1. The first-order chi connectivity index (χ1) is 14.5. The van der Waals surface area contributed by atoms with Crippen LogP contribution in [0.2, 0.25) is 0 Å². The first kappa shape index (κ1) is 19.4. The van der Waals surface area contributed by atoms with E-state index in [1.165, 1.54) is 18.4 Å². The summed E-state index contributed by atoms with van der Waals surface area (Å²) < 4.78 is 5.24. The van der Waals surface area contributed by atoms with Crippen molar-refractivity contribution >= 4 is 28.9 Å². The Morgan fingerprint density at radius 1 is 1.17 bits per heavy atom. The van der Waals surface area contributed by atoms with Gasteiger partial charge < -0.3 is 14.6 Å². The Balaban J connectivity index is 1.62. The minimum absolute atomic E-state index is 0.108. The summed E-state index contributed by atoms with van der Waals surface area (Å²) in [5.74, 6) is -0.431. The quantitative estimate of drug-likeness (QED) is 0.513. The number of carbonyl (C=O) groups is 2. The van der Waals surface area contributed by atoms with Crippen molar-refractivity contribution in [2.24, 2.45) is 0 Å². The lowest BCUT2D eigenvalue weighted by molar-refractivity contribution is -0.385. The van der Waals surface area contributed by atoms with Crippen molar-refractivity contribution in [2.75, 3.05) is 16.8 Å². The first-order valence-electron chi connectivity index (χ1n) is 9.49. The molecule has 8 heteroatoms. The Bertz CT molecular complexity index is 1140. The standard InChI is InChI=1S/C22H19N3O5/c1-14-17(6-2-7-18(14)25(28)29)21(26)23-16-10-9-15-5-3-11-24(19(15)13-16)22(27)20-8-4-12-30-20/h2,4,6-10,12-13H,3,5,11H2,1H3,(H,23,26). The van der Waals surface area contributed by atoms with Crippen LogP contribution >= 0.6 is 0 Å². The Morgan fingerprint density at radius 3 is 2.73 bits per heavy atom. The van der Waals surface area contributed by atoms with Crippen LogP contribution < -0.4 is 10.2 Å². The number of carbonyl (C=O) groups excluding carboxylic acids is 2. The Labute approximate surface area is 172 Å². The van der Waals surface area contributed by atoms with Crippen molar-refractivity contribution in [1.29, 1.82) is 0 Å².